The number of piperidine rings is 1. The van der Waals surface area contributed by atoms with Gasteiger partial charge in [0.1, 0.15) is 5.82 Å². The molecule has 2 saturated heterocycles. The summed E-state index contributed by atoms with van der Waals surface area (Å²) in [6.07, 6.45) is 6.72. The van der Waals surface area contributed by atoms with Gasteiger partial charge in [0, 0.05) is 71.9 Å². The number of pyridine rings is 1. The third-order valence-corrected chi connectivity index (χ3v) is 7.98. The van der Waals surface area contributed by atoms with Crippen molar-refractivity contribution in [2.75, 3.05) is 6.54 Å². The fourth-order valence-corrected chi connectivity index (χ4v) is 6.16. The van der Waals surface area contributed by atoms with Crippen LogP contribution in [-0.4, -0.2) is 55.7 Å². The van der Waals surface area contributed by atoms with Gasteiger partial charge in [0.15, 0.2) is 0 Å². The van der Waals surface area contributed by atoms with Crippen LogP contribution in [0.5, 0.6) is 0 Å². The highest BCUT2D eigenvalue weighted by Crippen LogP contribution is 2.37. The maximum absolute atomic E-state index is 14.3. The van der Waals surface area contributed by atoms with Gasteiger partial charge in [-0.15, -0.1) is 0 Å². The van der Waals surface area contributed by atoms with Gasteiger partial charge < -0.3 is 10.2 Å². The SMILES string of the molecule is Cc1cc(-c2n[nH]c3c2CN(C(=O)N[C@H]2CC[C@@H]4CC[C@H]2N4Cc2ccccc2F)CC3)ccn1. The minimum absolute atomic E-state index is 0.0186. The number of urea groups is 1. The lowest BCUT2D eigenvalue weighted by Crippen LogP contribution is -2.56. The number of rotatable bonds is 4. The Morgan fingerprint density at radius 1 is 1.20 bits per heavy atom. The molecular weight excluding hydrogens is 443 g/mol. The summed E-state index contributed by atoms with van der Waals surface area (Å²) in [5.74, 6) is -0.150. The molecule has 2 bridgehead atoms. The van der Waals surface area contributed by atoms with Crippen LogP contribution >= 0.6 is 0 Å². The van der Waals surface area contributed by atoms with E-state index in [0.29, 0.717) is 25.7 Å². The Morgan fingerprint density at radius 3 is 2.91 bits per heavy atom. The lowest BCUT2D eigenvalue weighted by molar-refractivity contribution is 0.0974. The number of nitrogens with zero attached hydrogens (tertiary/aromatic N) is 4. The number of halogens is 1. The number of hydrogen-bond acceptors (Lipinski definition) is 4. The number of aryl methyl sites for hydroxylation is 1. The van der Waals surface area contributed by atoms with Crippen LogP contribution in [0.3, 0.4) is 0 Å². The summed E-state index contributed by atoms with van der Waals surface area (Å²) >= 11 is 0. The van der Waals surface area contributed by atoms with Crippen LogP contribution in [0.25, 0.3) is 11.3 Å². The third kappa shape index (κ3) is 4.20. The molecule has 0 unspecified atom stereocenters. The van der Waals surface area contributed by atoms with E-state index in [1.807, 2.05) is 36.1 Å². The number of carbonyl (C=O) groups excluding carboxylic acids is 1. The van der Waals surface area contributed by atoms with E-state index in [1.165, 1.54) is 6.07 Å². The smallest absolute Gasteiger partial charge is 0.317 e. The molecule has 2 N–H and O–H groups in total. The Bertz CT molecular complexity index is 1240. The van der Waals surface area contributed by atoms with Crippen molar-refractivity contribution in [2.45, 2.75) is 70.2 Å². The van der Waals surface area contributed by atoms with Gasteiger partial charge in [-0.1, -0.05) is 18.2 Å². The van der Waals surface area contributed by atoms with Crippen LogP contribution in [0, 0.1) is 12.7 Å². The van der Waals surface area contributed by atoms with Gasteiger partial charge in [-0.05, 0) is 50.8 Å². The Kier molecular flexibility index (Phi) is 5.76. The largest absolute Gasteiger partial charge is 0.334 e. The van der Waals surface area contributed by atoms with Gasteiger partial charge in [-0.3, -0.25) is 15.0 Å². The van der Waals surface area contributed by atoms with E-state index < -0.39 is 0 Å². The lowest BCUT2D eigenvalue weighted by Gasteiger charge is -2.41. The first-order valence-corrected chi connectivity index (χ1v) is 12.6. The quantitative estimate of drug-likeness (QED) is 0.595. The molecule has 6 rings (SSSR count). The molecule has 2 aromatic heterocycles. The van der Waals surface area contributed by atoms with Crippen molar-refractivity contribution in [3.05, 3.63) is 70.9 Å². The van der Waals surface area contributed by atoms with Crippen molar-refractivity contribution in [1.82, 2.24) is 30.3 Å². The monoisotopic (exact) mass is 474 g/mol. The van der Waals surface area contributed by atoms with E-state index in [1.54, 1.807) is 12.3 Å². The summed E-state index contributed by atoms with van der Waals surface area (Å²) < 4.78 is 14.3. The second kappa shape index (κ2) is 9.07. The van der Waals surface area contributed by atoms with Crippen molar-refractivity contribution < 1.29 is 9.18 Å². The predicted molar refractivity (Wildman–Crippen MR) is 131 cm³/mol. The summed E-state index contributed by atoms with van der Waals surface area (Å²) in [4.78, 5) is 22.0. The molecule has 7 nitrogen and oxygen atoms in total. The topological polar surface area (TPSA) is 77.2 Å². The number of amides is 2. The maximum atomic E-state index is 14.3. The number of fused-ring (bicyclic) bond motifs is 3. The Morgan fingerprint density at radius 2 is 2.06 bits per heavy atom. The average Bonchev–Trinajstić information content (AvgIpc) is 3.40. The van der Waals surface area contributed by atoms with Crippen LogP contribution in [-0.2, 0) is 19.5 Å². The van der Waals surface area contributed by atoms with Crippen molar-refractivity contribution in [2.24, 2.45) is 0 Å². The molecule has 0 spiro atoms. The first-order chi connectivity index (χ1) is 17.1. The summed E-state index contributed by atoms with van der Waals surface area (Å²) in [7, 11) is 0. The fourth-order valence-electron chi connectivity index (χ4n) is 6.16. The number of aromatic nitrogens is 3. The zero-order valence-electron chi connectivity index (χ0n) is 20.0. The van der Waals surface area contributed by atoms with Gasteiger partial charge >= 0.3 is 6.03 Å². The number of nitrogens with one attached hydrogen (secondary N) is 2. The van der Waals surface area contributed by atoms with Crippen molar-refractivity contribution >= 4 is 6.03 Å². The minimum Gasteiger partial charge on any atom is -0.334 e. The molecule has 1 aromatic carbocycles. The van der Waals surface area contributed by atoms with Crippen LogP contribution in [0.1, 0.15) is 48.2 Å². The Hall–Kier alpha value is -3.26. The highest BCUT2D eigenvalue weighted by Gasteiger charge is 2.43. The summed E-state index contributed by atoms with van der Waals surface area (Å²) in [6.45, 7) is 3.77. The standard InChI is InChI=1S/C27H31FN6O/c1-17-14-18(10-12-29-17)26-21-16-33(13-11-23(21)31-32-26)27(35)30-24-8-6-20-7-9-25(24)34(20)15-19-4-2-3-5-22(19)28/h2-5,10,12,14,20,24-25H,6-9,11,13,15-16H2,1H3,(H,30,35)(H,31,32)/t20-,24+,25-/m1/s1. The first kappa shape index (κ1) is 22.2. The van der Waals surface area contributed by atoms with Gasteiger partial charge in [-0.2, -0.15) is 5.10 Å². The molecule has 3 aromatic rings. The molecule has 3 aliphatic heterocycles. The van der Waals surface area contributed by atoms with Gasteiger partial charge in [0.2, 0.25) is 0 Å². The van der Waals surface area contributed by atoms with Crippen LogP contribution in [0.4, 0.5) is 9.18 Å². The molecule has 35 heavy (non-hydrogen) atoms. The van der Waals surface area contributed by atoms with E-state index in [0.717, 1.165) is 65.9 Å². The summed E-state index contributed by atoms with van der Waals surface area (Å²) in [5, 5.41) is 11.1. The predicted octanol–water partition coefficient (Wildman–Crippen LogP) is 4.18. The van der Waals surface area contributed by atoms with Gasteiger partial charge in [0.25, 0.3) is 0 Å². The van der Waals surface area contributed by atoms with Crippen molar-refractivity contribution in [3.63, 3.8) is 0 Å². The summed E-state index contributed by atoms with van der Waals surface area (Å²) in [6, 6.07) is 11.8. The molecular formula is C27H31FN6O. The lowest BCUT2D eigenvalue weighted by atomic mass is 9.96. The van der Waals surface area contributed by atoms with E-state index in [2.05, 4.69) is 25.4 Å². The molecule has 2 fully saturated rings. The van der Waals surface area contributed by atoms with E-state index in [4.69, 9.17) is 0 Å². The van der Waals surface area contributed by atoms with Crippen molar-refractivity contribution in [3.8, 4) is 11.3 Å². The van der Waals surface area contributed by atoms with Gasteiger partial charge in [0.05, 0.1) is 12.2 Å². The molecule has 8 heteroatoms. The number of hydrogen-bond donors (Lipinski definition) is 2. The zero-order chi connectivity index (χ0) is 23.9. The summed E-state index contributed by atoms with van der Waals surface area (Å²) in [5.41, 5.74) is 5.78. The maximum Gasteiger partial charge on any atom is 0.317 e. The number of benzene rings is 1. The zero-order valence-corrected chi connectivity index (χ0v) is 20.0. The van der Waals surface area contributed by atoms with E-state index >= 15 is 0 Å². The fraction of sp³-hybridized carbons (Fsp3) is 0.444. The molecule has 5 heterocycles. The van der Waals surface area contributed by atoms with Crippen LogP contribution in [0.2, 0.25) is 0 Å². The highest BCUT2D eigenvalue weighted by atomic mass is 19.1. The van der Waals surface area contributed by atoms with E-state index in [9.17, 15) is 9.18 Å². The van der Waals surface area contributed by atoms with Crippen LogP contribution in [0.15, 0.2) is 42.6 Å². The highest BCUT2D eigenvalue weighted by molar-refractivity contribution is 5.76. The van der Waals surface area contributed by atoms with Crippen molar-refractivity contribution in [1.29, 1.82) is 0 Å². The number of carbonyl (C=O) groups is 1. The van der Waals surface area contributed by atoms with Crippen LogP contribution < -0.4 is 5.32 Å². The molecule has 3 aliphatic rings. The molecule has 0 radical (unpaired) electrons. The Labute approximate surface area is 204 Å². The molecule has 2 amide bonds. The molecule has 3 atom stereocenters. The molecule has 182 valence electrons. The minimum atomic E-state index is -0.150. The molecule has 0 aliphatic carbocycles. The number of aromatic amines is 1. The molecule has 0 saturated carbocycles. The second-order valence-electron chi connectivity index (χ2n) is 10.1. The van der Waals surface area contributed by atoms with E-state index in [-0.39, 0.29) is 23.9 Å². The van der Waals surface area contributed by atoms with Gasteiger partial charge in [-0.25, -0.2) is 9.18 Å². The number of H-pyrrole nitrogens is 1. The Balaban J connectivity index is 1.15. The first-order valence-electron chi connectivity index (χ1n) is 12.6. The second-order valence-corrected chi connectivity index (χ2v) is 10.1. The normalized spacial score (nSPS) is 23.8. The average molecular weight is 475 g/mol. The third-order valence-electron chi connectivity index (χ3n) is 7.98.